The Morgan fingerprint density at radius 1 is 1.57 bits per heavy atom. The Kier molecular flexibility index (Phi) is 4.52. The van der Waals surface area contributed by atoms with E-state index < -0.39 is 5.60 Å². The Balaban J connectivity index is 1.87. The van der Waals surface area contributed by atoms with Gasteiger partial charge in [0.1, 0.15) is 6.07 Å². The first-order valence-corrected chi connectivity index (χ1v) is 7.16. The number of likely N-dealkylation sites (tertiary alicyclic amines) is 1. The van der Waals surface area contributed by atoms with Gasteiger partial charge in [-0.2, -0.15) is 5.26 Å². The third-order valence-electron chi connectivity index (χ3n) is 3.81. The highest BCUT2D eigenvalue weighted by molar-refractivity contribution is 6.32. The molecule has 5 nitrogen and oxygen atoms in total. The van der Waals surface area contributed by atoms with Crippen LogP contribution >= 0.6 is 11.6 Å². The van der Waals surface area contributed by atoms with Crippen LogP contribution in [-0.4, -0.2) is 41.1 Å². The molecule has 1 saturated heterocycles. The summed E-state index contributed by atoms with van der Waals surface area (Å²) in [5.41, 5.74) is 0.251. The van der Waals surface area contributed by atoms with Crippen molar-refractivity contribution in [1.82, 2.24) is 4.90 Å². The Bertz CT molecular complexity index is 589. The summed E-state index contributed by atoms with van der Waals surface area (Å²) < 4.78 is 0. The van der Waals surface area contributed by atoms with Crippen LogP contribution in [0.3, 0.4) is 0 Å². The van der Waals surface area contributed by atoms with Gasteiger partial charge in [-0.25, -0.2) is 0 Å². The predicted octanol–water partition coefficient (Wildman–Crippen LogP) is 1.85. The first kappa shape index (κ1) is 15.8. The maximum absolute atomic E-state index is 11.9. The van der Waals surface area contributed by atoms with Gasteiger partial charge in [-0.15, -0.1) is 0 Å². The number of amides is 1. The molecule has 0 aliphatic carbocycles. The number of hydrogen-bond donors (Lipinski definition) is 2. The summed E-state index contributed by atoms with van der Waals surface area (Å²) in [4.78, 5) is 13.8. The molecule has 0 bridgehead atoms. The molecule has 21 heavy (non-hydrogen) atoms. The molecule has 2 N–H and O–H groups in total. The standard InChI is InChI=1S/C15H18ClN3O2/c1-10(2)15(21)8-19(9-15)7-14(20)18-12-4-3-11(6-17)13(16)5-12/h3-5,10,21H,7-9H2,1-2H3,(H,18,20). The molecule has 1 aromatic carbocycles. The summed E-state index contributed by atoms with van der Waals surface area (Å²) in [7, 11) is 0. The molecule has 2 rings (SSSR count). The third kappa shape index (κ3) is 3.53. The van der Waals surface area contributed by atoms with Crippen LogP contribution in [0.15, 0.2) is 18.2 Å². The second kappa shape index (κ2) is 6.02. The van der Waals surface area contributed by atoms with E-state index >= 15 is 0 Å². The van der Waals surface area contributed by atoms with Crippen molar-refractivity contribution < 1.29 is 9.90 Å². The van der Waals surface area contributed by atoms with E-state index in [9.17, 15) is 9.90 Å². The SMILES string of the molecule is CC(C)C1(O)CN(CC(=O)Nc2ccc(C#N)c(Cl)c2)C1. The third-order valence-corrected chi connectivity index (χ3v) is 4.12. The number of aliphatic hydroxyl groups is 1. The molecule has 0 unspecified atom stereocenters. The summed E-state index contributed by atoms with van der Waals surface area (Å²) in [6.07, 6.45) is 0. The summed E-state index contributed by atoms with van der Waals surface area (Å²) in [5.74, 6) is 0.00993. The molecule has 1 fully saturated rings. The van der Waals surface area contributed by atoms with Crippen LogP contribution in [0.1, 0.15) is 19.4 Å². The second-order valence-corrected chi connectivity index (χ2v) is 6.17. The number of hydrogen-bond acceptors (Lipinski definition) is 4. The van der Waals surface area contributed by atoms with Crippen molar-refractivity contribution >= 4 is 23.2 Å². The number of nitrogens with zero attached hydrogens (tertiary/aromatic N) is 2. The highest BCUT2D eigenvalue weighted by atomic mass is 35.5. The van der Waals surface area contributed by atoms with E-state index in [0.717, 1.165) is 0 Å². The minimum absolute atomic E-state index is 0.165. The van der Waals surface area contributed by atoms with Gasteiger partial charge in [-0.05, 0) is 24.1 Å². The minimum Gasteiger partial charge on any atom is -0.387 e. The van der Waals surface area contributed by atoms with Gasteiger partial charge >= 0.3 is 0 Å². The molecular weight excluding hydrogens is 290 g/mol. The lowest BCUT2D eigenvalue weighted by atomic mass is 9.83. The highest BCUT2D eigenvalue weighted by Gasteiger charge is 2.43. The van der Waals surface area contributed by atoms with Crippen molar-refractivity contribution in [3.05, 3.63) is 28.8 Å². The fourth-order valence-corrected chi connectivity index (χ4v) is 2.52. The van der Waals surface area contributed by atoms with Crippen molar-refractivity contribution in [3.63, 3.8) is 0 Å². The van der Waals surface area contributed by atoms with E-state index in [-0.39, 0.29) is 18.4 Å². The fourth-order valence-electron chi connectivity index (χ4n) is 2.29. The van der Waals surface area contributed by atoms with E-state index in [1.54, 1.807) is 18.2 Å². The lowest BCUT2D eigenvalue weighted by Gasteiger charge is -2.48. The maximum atomic E-state index is 11.9. The van der Waals surface area contributed by atoms with Gasteiger partial charge in [-0.1, -0.05) is 25.4 Å². The number of β-amino-alcohol motifs (C(OH)–C–C–N with tert-alkyl or cyclic N) is 1. The van der Waals surface area contributed by atoms with Gasteiger partial charge in [0.2, 0.25) is 5.91 Å². The minimum atomic E-state index is -0.683. The van der Waals surface area contributed by atoms with Crippen molar-refractivity contribution in [2.75, 3.05) is 25.0 Å². The Labute approximate surface area is 129 Å². The molecule has 0 spiro atoms. The Hall–Kier alpha value is -1.61. The van der Waals surface area contributed by atoms with Crippen LogP contribution in [0.4, 0.5) is 5.69 Å². The summed E-state index contributed by atoms with van der Waals surface area (Å²) in [6.45, 7) is 5.18. The largest absolute Gasteiger partial charge is 0.387 e. The first-order chi connectivity index (χ1) is 9.84. The molecule has 0 radical (unpaired) electrons. The quantitative estimate of drug-likeness (QED) is 0.890. The zero-order chi connectivity index (χ0) is 15.6. The lowest BCUT2D eigenvalue weighted by molar-refractivity contribution is -0.139. The molecule has 0 saturated carbocycles. The number of anilines is 1. The molecule has 0 atom stereocenters. The molecule has 1 aromatic rings. The van der Waals surface area contributed by atoms with Crippen molar-refractivity contribution in [2.45, 2.75) is 19.4 Å². The van der Waals surface area contributed by atoms with Crippen LogP contribution < -0.4 is 5.32 Å². The maximum Gasteiger partial charge on any atom is 0.238 e. The summed E-state index contributed by atoms with van der Waals surface area (Å²) >= 11 is 5.91. The van der Waals surface area contributed by atoms with E-state index in [1.807, 2.05) is 24.8 Å². The Morgan fingerprint density at radius 3 is 2.76 bits per heavy atom. The average molecular weight is 308 g/mol. The van der Waals surface area contributed by atoms with Crippen LogP contribution in [0.2, 0.25) is 5.02 Å². The number of nitriles is 1. The van der Waals surface area contributed by atoms with Gasteiger partial charge in [0.25, 0.3) is 0 Å². The van der Waals surface area contributed by atoms with E-state index in [0.29, 0.717) is 29.4 Å². The molecule has 1 aliphatic heterocycles. The van der Waals surface area contributed by atoms with E-state index in [4.69, 9.17) is 16.9 Å². The second-order valence-electron chi connectivity index (χ2n) is 5.76. The van der Waals surface area contributed by atoms with Gasteiger partial charge < -0.3 is 10.4 Å². The molecule has 112 valence electrons. The summed E-state index contributed by atoms with van der Waals surface area (Å²) in [5, 5.41) is 22.0. The highest BCUT2D eigenvalue weighted by Crippen LogP contribution is 2.28. The average Bonchev–Trinajstić information content (AvgIpc) is 2.36. The molecule has 1 heterocycles. The summed E-state index contributed by atoms with van der Waals surface area (Å²) in [6, 6.07) is 6.73. The van der Waals surface area contributed by atoms with Crippen LogP contribution in [0.25, 0.3) is 0 Å². The van der Waals surface area contributed by atoms with Gasteiger partial charge in [-0.3, -0.25) is 9.69 Å². The van der Waals surface area contributed by atoms with E-state index in [2.05, 4.69) is 5.32 Å². The zero-order valence-electron chi connectivity index (χ0n) is 12.1. The molecule has 0 aromatic heterocycles. The van der Waals surface area contributed by atoms with Crippen molar-refractivity contribution in [3.8, 4) is 6.07 Å². The lowest BCUT2D eigenvalue weighted by Crippen LogP contribution is -2.65. The van der Waals surface area contributed by atoms with Gasteiger partial charge in [0, 0.05) is 18.8 Å². The monoisotopic (exact) mass is 307 g/mol. The van der Waals surface area contributed by atoms with E-state index in [1.165, 1.54) is 0 Å². The number of benzene rings is 1. The fraction of sp³-hybridized carbons (Fsp3) is 0.467. The predicted molar refractivity (Wildman–Crippen MR) is 81.0 cm³/mol. The molecule has 1 amide bonds. The zero-order valence-corrected chi connectivity index (χ0v) is 12.8. The normalized spacial score (nSPS) is 17.1. The Morgan fingerprint density at radius 2 is 2.24 bits per heavy atom. The topological polar surface area (TPSA) is 76.4 Å². The smallest absolute Gasteiger partial charge is 0.238 e. The number of carbonyl (C=O) groups is 1. The first-order valence-electron chi connectivity index (χ1n) is 6.78. The number of carbonyl (C=O) groups excluding carboxylic acids is 1. The molecule has 1 aliphatic rings. The molecule has 6 heteroatoms. The van der Waals surface area contributed by atoms with Crippen LogP contribution in [0.5, 0.6) is 0 Å². The van der Waals surface area contributed by atoms with Crippen LogP contribution in [-0.2, 0) is 4.79 Å². The molecular formula is C15H18ClN3O2. The van der Waals surface area contributed by atoms with Gasteiger partial charge in [0.05, 0.1) is 22.7 Å². The number of halogens is 1. The van der Waals surface area contributed by atoms with Gasteiger partial charge in [0.15, 0.2) is 0 Å². The number of nitrogens with one attached hydrogen (secondary N) is 1. The number of rotatable bonds is 4. The van der Waals surface area contributed by atoms with Crippen molar-refractivity contribution in [2.24, 2.45) is 5.92 Å². The van der Waals surface area contributed by atoms with Crippen LogP contribution in [0, 0.1) is 17.2 Å². The van der Waals surface area contributed by atoms with Crippen molar-refractivity contribution in [1.29, 1.82) is 5.26 Å².